The van der Waals surface area contributed by atoms with E-state index in [2.05, 4.69) is 73.4 Å². The van der Waals surface area contributed by atoms with Crippen LogP contribution in [0.15, 0.2) is 55.2 Å². The summed E-state index contributed by atoms with van der Waals surface area (Å²) in [5, 5.41) is 13.0. The Bertz CT molecular complexity index is 1020. The van der Waals surface area contributed by atoms with Crippen LogP contribution in [-0.2, 0) is 5.75 Å². The Morgan fingerprint density at radius 2 is 1.84 bits per heavy atom. The maximum atomic E-state index is 5.74. The van der Waals surface area contributed by atoms with Gasteiger partial charge in [-0.15, -0.1) is 18.3 Å². The van der Waals surface area contributed by atoms with Gasteiger partial charge in [-0.3, -0.25) is 0 Å². The molecule has 6 nitrogen and oxygen atoms in total. The lowest BCUT2D eigenvalue weighted by atomic mass is 10.1. The Labute approximate surface area is 189 Å². The van der Waals surface area contributed by atoms with E-state index in [9.17, 15) is 0 Å². The van der Waals surface area contributed by atoms with Crippen LogP contribution in [0.4, 0.5) is 0 Å². The fourth-order valence-electron chi connectivity index (χ4n) is 2.99. The molecular formula is C24H30N4O2S. The fraction of sp³-hybridized carbons (Fsp3) is 0.292. The third kappa shape index (κ3) is 5.76. The van der Waals surface area contributed by atoms with E-state index >= 15 is 0 Å². The van der Waals surface area contributed by atoms with Crippen molar-refractivity contribution in [3.05, 3.63) is 72.3 Å². The molecule has 7 heteroatoms. The predicted octanol–water partition coefficient (Wildman–Crippen LogP) is 5.81. The molecule has 1 aliphatic heterocycles. The van der Waals surface area contributed by atoms with Crippen LogP contribution in [0.2, 0.25) is 0 Å². The van der Waals surface area contributed by atoms with Gasteiger partial charge in [-0.2, -0.15) is 4.68 Å². The Balaban J connectivity index is 0.000000807. The second-order valence-electron chi connectivity index (χ2n) is 6.37. The zero-order valence-corrected chi connectivity index (χ0v) is 19.5. The van der Waals surface area contributed by atoms with Crippen LogP contribution in [0.5, 0.6) is 11.5 Å². The summed E-state index contributed by atoms with van der Waals surface area (Å²) in [4.78, 5) is 0. The van der Waals surface area contributed by atoms with Crippen molar-refractivity contribution >= 4 is 17.8 Å². The molecule has 1 aromatic heterocycles. The van der Waals surface area contributed by atoms with E-state index in [1.54, 1.807) is 22.5 Å². The van der Waals surface area contributed by atoms with Gasteiger partial charge in [0.25, 0.3) is 0 Å². The SMILES string of the molecule is C=C.C=Cc1cc(CSc2nnnn2-c2cc(C)ccc2C)cc2c1OCCO2.CC. The van der Waals surface area contributed by atoms with Crippen LogP contribution in [-0.4, -0.2) is 33.4 Å². The molecular weight excluding hydrogens is 408 g/mol. The molecule has 0 unspecified atom stereocenters. The van der Waals surface area contributed by atoms with E-state index in [-0.39, 0.29) is 0 Å². The van der Waals surface area contributed by atoms with Crippen molar-refractivity contribution in [1.82, 2.24) is 20.2 Å². The van der Waals surface area contributed by atoms with Crippen LogP contribution in [0.25, 0.3) is 11.8 Å². The van der Waals surface area contributed by atoms with Gasteiger partial charge in [0.05, 0.1) is 5.69 Å². The Hall–Kier alpha value is -3.06. The summed E-state index contributed by atoms with van der Waals surface area (Å²) in [5.41, 5.74) is 5.34. The lowest BCUT2D eigenvalue weighted by molar-refractivity contribution is 0.171. The molecule has 0 amide bonds. The van der Waals surface area contributed by atoms with E-state index in [4.69, 9.17) is 9.47 Å². The molecule has 0 saturated heterocycles. The average molecular weight is 439 g/mol. The van der Waals surface area contributed by atoms with Gasteiger partial charge in [0.15, 0.2) is 11.5 Å². The first-order valence-electron chi connectivity index (χ1n) is 10.2. The summed E-state index contributed by atoms with van der Waals surface area (Å²) in [6.45, 7) is 19.1. The van der Waals surface area contributed by atoms with Gasteiger partial charge in [-0.1, -0.05) is 50.4 Å². The van der Waals surface area contributed by atoms with E-state index in [1.165, 1.54) is 5.56 Å². The van der Waals surface area contributed by atoms with Crippen molar-refractivity contribution in [3.63, 3.8) is 0 Å². The molecule has 0 atom stereocenters. The number of rotatable bonds is 5. The third-order valence-electron chi connectivity index (χ3n) is 4.35. The number of hydrogen-bond donors (Lipinski definition) is 0. The summed E-state index contributed by atoms with van der Waals surface area (Å²) in [6, 6.07) is 10.3. The maximum absolute atomic E-state index is 5.74. The van der Waals surface area contributed by atoms with Crippen molar-refractivity contribution in [2.45, 2.75) is 38.6 Å². The van der Waals surface area contributed by atoms with Crippen LogP contribution in [0, 0.1) is 13.8 Å². The first-order valence-corrected chi connectivity index (χ1v) is 11.2. The Morgan fingerprint density at radius 1 is 1.10 bits per heavy atom. The summed E-state index contributed by atoms with van der Waals surface area (Å²) in [7, 11) is 0. The smallest absolute Gasteiger partial charge is 0.214 e. The zero-order valence-electron chi connectivity index (χ0n) is 18.7. The summed E-state index contributed by atoms with van der Waals surface area (Å²) in [5.74, 6) is 2.25. The van der Waals surface area contributed by atoms with Gasteiger partial charge in [0.2, 0.25) is 5.16 Å². The Kier molecular flexibility index (Phi) is 9.34. The van der Waals surface area contributed by atoms with Crippen LogP contribution in [0.3, 0.4) is 0 Å². The topological polar surface area (TPSA) is 62.1 Å². The molecule has 2 heterocycles. The number of tetrazole rings is 1. The van der Waals surface area contributed by atoms with Crippen molar-refractivity contribution in [2.24, 2.45) is 0 Å². The fourth-order valence-corrected chi connectivity index (χ4v) is 3.80. The van der Waals surface area contributed by atoms with E-state index in [0.29, 0.717) is 19.0 Å². The minimum atomic E-state index is 0.561. The normalized spacial score (nSPS) is 11.5. The number of ether oxygens (including phenoxy) is 2. The molecule has 0 fully saturated rings. The van der Waals surface area contributed by atoms with E-state index in [0.717, 1.165) is 39.0 Å². The van der Waals surface area contributed by atoms with Gasteiger partial charge in [0.1, 0.15) is 13.2 Å². The van der Waals surface area contributed by atoms with E-state index in [1.807, 2.05) is 19.9 Å². The average Bonchev–Trinajstić information content (AvgIpc) is 3.29. The van der Waals surface area contributed by atoms with E-state index < -0.39 is 0 Å². The number of thioether (sulfide) groups is 1. The lowest BCUT2D eigenvalue weighted by Crippen LogP contribution is -2.16. The predicted molar refractivity (Wildman–Crippen MR) is 128 cm³/mol. The Morgan fingerprint density at radius 3 is 2.58 bits per heavy atom. The molecule has 164 valence electrons. The number of hydrogen-bond acceptors (Lipinski definition) is 6. The monoisotopic (exact) mass is 438 g/mol. The first kappa shape index (κ1) is 24.2. The first-order chi connectivity index (χ1) is 15.2. The highest BCUT2D eigenvalue weighted by Gasteiger charge is 2.17. The second-order valence-corrected chi connectivity index (χ2v) is 7.31. The standard InChI is InChI=1S/C20H20N4O2S.C2H6.C2H4/c1-4-16-10-15(11-18-19(16)26-8-7-25-18)12-27-20-21-22-23-24(20)17-9-13(2)5-6-14(17)3;2*1-2/h4-6,9-11H,1,7-8,12H2,2-3H3;1-2H3;1-2H2. The molecule has 1 aliphatic rings. The third-order valence-corrected chi connectivity index (χ3v) is 5.34. The molecule has 0 N–H and O–H groups in total. The highest BCUT2D eigenvalue weighted by atomic mass is 32.2. The summed E-state index contributed by atoms with van der Waals surface area (Å²) in [6.07, 6.45) is 1.79. The minimum Gasteiger partial charge on any atom is -0.486 e. The zero-order chi connectivity index (χ0) is 22.8. The molecule has 3 aromatic rings. The largest absolute Gasteiger partial charge is 0.486 e. The molecule has 31 heavy (non-hydrogen) atoms. The van der Waals surface area contributed by atoms with Crippen LogP contribution >= 0.6 is 11.8 Å². The molecule has 0 saturated carbocycles. The number of benzene rings is 2. The molecule has 2 aromatic carbocycles. The van der Waals surface area contributed by atoms with Crippen molar-refractivity contribution in [1.29, 1.82) is 0 Å². The highest BCUT2D eigenvalue weighted by molar-refractivity contribution is 7.98. The van der Waals surface area contributed by atoms with Crippen LogP contribution < -0.4 is 9.47 Å². The van der Waals surface area contributed by atoms with Gasteiger partial charge in [-0.25, -0.2) is 0 Å². The summed E-state index contributed by atoms with van der Waals surface area (Å²) >= 11 is 1.58. The van der Waals surface area contributed by atoms with Gasteiger partial charge in [0, 0.05) is 11.3 Å². The number of nitrogens with zero attached hydrogens (tertiary/aromatic N) is 4. The minimum absolute atomic E-state index is 0.561. The number of aryl methyl sites for hydroxylation is 2. The van der Waals surface area contributed by atoms with Crippen molar-refractivity contribution < 1.29 is 9.47 Å². The second kappa shape index (κ2) is 12.0. The van der Waals surface area contributed by atoms with Gasteiger partial charge < -0.3 is 9.47 Å². The molecule has 0 bridgehead atoms. The molecule has 0 aliphatic carbocycles. The quantitative estimate of drug-likeness (QED) is 0.370. The number of aromatic nitrogens is 4. The molecule has 0 radical (unpaired) electrons. The molecule has 4 rings (SSSR count). The van der Waals surface area contributed by atoms with Crippen molar-refractivity contribution in [2.75, 3.05) is 13.2 Å². The number of fused-ring (bicyclic) bond motifs is 1. The summed E-state index contributed by atoms with van der Waals surface area (Å²) < 4.78 is 13.2. The lowest BCUT2D eigenvalue weighted by Gasteiger charge is -2.21. The highest BCUT2D eigenvalue weighted by Crippen LogP contribution is 2.37. The van der Waals surface area contributed by atoms with Crippen molar-refractivity contribution in [3.8, 4) is 17.2 Å². The molecule has 0 spiro atoms. The maximum Gasteiger partial charge on any atom is 0.214 e. The van der Waals surface area contributed by atoms with Gasteiger partial charge >= 0.3 is 0 Å². The van der Waals surface area contributed by atoms with Crippen LogP contribution in [0.1, 0.15) is 36.1 Å². The van der Waals surface area contributed by atoms with Gasteiger partial charge in [-0.05, 0) is 59.2 Å².